The molecule has 13 heteroatoms. The maximum absolute atomic E-state index is 14.2. The van der Waals surface area contributed by atoms with Crippen LogP contribution in [-0.4, -0.2) is 65.1 Å². The molecule has 0 saturated heterocycles. The van der Waals surface area contributed by atoms with Gasteiger partial charge in [-0.1, -0.05) is 63.5 Å². The van der Waals surface area contributed by atoms with Crippen molar-refractivity contribution in [2.45, 2.75) is 37.1 Å². The van der Waals surface area contributed by atoms with Crippen LogP contribution in [0.25, 0.3) is 10.4 Å². The monoisotopic (exact) mass is 652 g/mol. The first kappa shape index (κ1) is 32.0. The molecule has 1 heterocycles. The Morgan fingerprint density at radius 2 is 1.77 bits per heavy atom. The number of carbonyl (C=O) groups excluding carboxylic acids is 1. The topological polar surface area (TPSA) is 181 Å². The van der Waals surface area contributed by atoms with Gasteiger partial charge in [-0.25, -0.2) is 10.4 Å². The number of carbonyl (C=O) groups is 1. The highest BCUT2D eigenvalue weighted by atomic mass is 79.9. The summed E-state index contributed by atoms with van der Waals surface area (Å²) in [4.78, 5) is 22.1. The fourth-order valence-corrected chi connectivity index (χ4v) is 5.08. The number of azide groups is 1. The number of hydrogen-bond donors (Lipinski definition) is 5. The fourth-order valence-electron chi connectivity index (χ4n) is 4.66. The zero-order valence-corrected chi connectivity index (χ0v) is 24.9. The lowest BCUT2D eigenvalue weighted by Crippen LogP contribution is -2.57. The Kier molecular flexibility index (Phi) is 11.5. The number of aliphatic hydroxyl groups is 3. The Bertz CT molecular complexity index is 1460. The van der Waals surface area contributed by atoms with E-state index in [0.717, 1.165) is 10.0 Å². The van der Waals surface area contributed by atoms with Crippen LogP contribution in [0.2, 0.25) is 0 Å². The smallest absolute Gasteiger partial charge is 0.266 e. The SMILES string of the molecule is [N-]=[N+]=NCc1ccccc1[C@@H]1OC(c2ccc(OCCCO)cc2)=N[C@]1(Cc1ccccc1Br)C(=O)NNC(CO)CO. The summed E-state index contributed by atoms with van der Waals surface area (Å²) in [7, 11) is 0. The van der Waals surface area contributed by atoms with Gasteiger partial charge < -0.3 is 24.8 Å². The van der Waals surface area contributed by atoms with Crippen LogP contribution in [-0.2, 0) is 22.5 Å². The van der Waals surface area contributed by atoms with Crippen molar-refractivity contribution in [2.24, 2.45) is 10.1 Å². The van der Waals surface area contributed by atoms with Crippen LogP contribution in [0.4, 0.5) is 0 Å². The molecule has 0 spiro atoms. The van der Waals surface area contributed by atoms with Gasteiger partial charge in [-0.15, -0.1) is 0 Å². The van der Waals surface area contributed by atoms with Crippen molar-refractivity contribution in [3.8, 4) is 5.75 Å². The fraction of sp³-hybridized carbons (Fsp3) is 0.333. The standard InChI is InChI=1S/C30H33BrN6O6/c31-26-9-4-2-6-21(26)16-30(29(41)36-35-23(18-39)19-40)27(25-8-3-1-7-22(25)17-33-37-32)43-28(34-30)20-10-12-24(13-11-20)42-15-5-14-38/h1-4,6-13,23,27,35,38-40H,5,14-19H2,(H,36,41)/t27-,30-/m0/s1. The van der Waals surface area contributed by atoms with E-state index in [-0.39, 0.29) is 25.5 Å². The second-order valence-electron chi connectivity index (χ2n) is 9.81. The van der Waals surface area contributed by atoms with Crippen LogP contribution in [0.15, 0.2) is 87.4 Å². The molecule has 0 aliphatic carbocycles. The molecule has 0 radical (unpaired) electrons. The highest BCUT2D eigenvalue weighted by Crippen LogP contribution is 2.44. The number of hydrazine groups is 1. The molecule has 1 aliphatic rings. The Morgan fingerprint density at radius 1 is 1.07 bits per heavy atom. The van der Waals surface area contributed by atoms with E-state index < -0.39 is 36.8 Å². The molecule has 226 valence electrons. The zero-order chi connectivity index (χ0) is 30.7. The van der Waals surface area contributed by atoms with Gasteiger partial charge >= 0.3 is 0 Å². The number of aliphatic hydroxyl groups excluding tert-OH is 3. The molecule has 43 heavy (non-hydrogen) atoms. The van der Waals surface area contributed by atoms with E-state index >= 15 is 0 Å². The van der Waals surface area contributed by atoms with Crippen molar-refractivity contribution in [3.63, 3.8) is 0 Å². The number of ether oxygens (including phenoxy) is 2. The number of benzene rings is 3. The van der Waals surface area contributed by atoms with Gasteiger partial charge in [0.2, 0.25) is 5.90 Å². The lowest BCUT2D eigenvalue weighted by Gasteiger charge is -2.32. The van der Waals surface area contributed by atoms with Crippen molar-refractivity contribution in [3.05, 3.63) is 110 Å². The van der Waals surface area contributed by atoms with E-state index in [0.29, 0.717) is 35.5 Å². The van der Waals surface area contributed by atoms with Crippen LogP contribution in [0.1, 0.15) is 34.8 Å². The van der Waals surface area contributed by atoms with Crippen molar-refractivity contribution in [2.75, 3.05) is 26.4 Å². The van der Waals surface area contributed by atoms with Gasteiger partial charge in [-0.2, -0.15) is 0 Å². The minimum absolute atomic E-state index is 0.0269. The number of hydrogen-bond acceptors (Lipinski definition) is 9. The Hall–Kier alpha value is -3.97. The van der Waals surface area contributed by atoms with Crippen molar-refractivity contribution in [1.29, 1.82) is 0 Å². The summed E-state index contributed by atoms with van der Waals surface area (Å²) in [6.07, 6.45) is -0.344. The maximum Gasteiger partial charge on any atom is 0.266 e. The summed E-state index contributed by atoms with van der Waals surface area (Å²) in [5.41, 5.74) is 15.4. The molecule has 1 amide bonds. The minimum Gasteiger partial charge on any atom is -0.494 e. The third kappa shape index (κ3) is 7.71. The number of halogens is 1. The lowest BCUT2D eigenvalue weighted by atomic mass is 9.80. The molecule has 3 aromatic carbocycles. The third-order valence-electron chi connectivity index (χ3n) is 6.92. The van der Waals surface area contributed by atoms with Crippen LogP contribution >= 0.6 is 15.9 Å². The number of nitrogens with one attached hydrogen (secondary N) is 2. The van der Waals surface area contributed by atoms with E-state index in [1.165, 1.54) is 0 Å². The van der Waals surface area contributed by atoms with Crippen LogP contribution in [0.3, 0.4) is 0 Å². The molecule has 4 rings (SSSR count). The average Bonchev–Trinajstić information content (AvgIpc) is 3.42. The molecule has 2 atom stereocenters. The van der Waals surface area contributed by atoms with Gasteiger partial charge in [0.1, 0.15) is 5.75 Å². The van der Waals surface area contributed by atoms with Crippen LogP contribution in [0, 0.1) is 0 Å². The molecule has 5 N–H and O–H groups in total. The molecule has 1 aliphatic heterocycles. The molecule has 12 nitrogen and oxygen atoms in total. The molecule has 0 saturated carbocycles. The molecular formula is C30H33BrN6O6. The predicted octanol–water partition coefficient (Wildman–Crippen LogP) is 3.49. The van der Waals surface area contributed by atoms with Gasteiger partial charge in [0.15, 0.2) is 11.6 Å². The van der Waals surface area contributed by atoms with E-state index in [2.05, 4.69) is 36.8 Å². The Balaban J connectivity index is 1.84. The normalized spacial score (nSPS) is 17.6. The Labute approximate surface area is 257 Å². The molecule has 0 fully saturated rings. The number of aliphatic imine (C=N–C) groups is 1. The highest BCUT2D eigenvalue weighted by Gasteiger charge is 2.54. The lowest BCUT2D eigenvalue weighted by molar-refractivity contribution is -0.130. The zero-order valence-electron chi connectivity index (χ0n) is 23.3. The van der Waals surface area contributed by atoms with Gasteiger partial charge in [0.25, 0.3) is 5.91 Å². The van der Waals surface area contributed by atoms with E-state index in [1.54, 1.807) is 30.3 Å². The number of nitrogens with zero attached hydrogens (tertiary/aromatic N) is 4. The number of rotatable bonds is 15. The molecule has 0 unspecified atom stereocenters. The average molecular weight is 654 g/mol. The summed E-state index contributed by atoms with van der Waals surface area (Å²) >= 11 is 3.59. The first-order valence-corrected chi connectivity index (χ1v) is 14.5. The van der Waals surface area contributed by atoms with Gasteiger partial charge in [0.05, 0.1) is 32.4 Å². The minimum atomic E-state index is -1.58. The van der Waals surface area contributed by atoms with Gasteiger partial charge in [-0.05, 0) is 52.6 Å². The Morgan fingerprint density at radius 3 is 2.44 bits per heavy atom. The second-order valence-corrected chi connectivity index (χ2v) is 10.7. The van der Waals surface area contributed by atoms with Gasteiger partial charge in [-0.3, -0.25) is 10.2 Å². The van der Waals surface area contributed by atoms with E-state index in [9.17, 15) is 15.0 Å². The van der Waals surface area contributed by atoms with E-state index in [1.807, 2.05) is 42.5 Å². The number of amides is 1. The second kappa shape index (κ2) is 15.5. The summed E-state index contributed by atoms with van der Waals surface area (Å²) in [6.45, 7) is -0.403. The van der Waals surface area contributed by atoms with Gasteiger partial charge in [0, 0.05) is 34.4 Å². The van der Waals surface area contributed by atoms with E-state index in [4.69, 9.17) is 25.1 Å². The highest BCUT2D eigenvalue weighted by molar-refractivity contribution is 9.10. The largest absolute Gasteiger partial charge is 0.494 e. The van der Waals surface area contributed by atoms with Crippen molar-refractivity contribution in [1.82, 2.24) is 10.9 Å². The van der Waals surface area contributed by atoms with Crippen LogP contribution in [0.5, 0.6) is 5.75 Å². The summed E-state index contributed by atoms with van der Waals surface area (Å²) in [6, 6.07) is 21.0. The summed E-state index contributed by atoms with van der Waals surface area (Å²) in [5, 5.41) is 31.9. The predicted molar refractivity (Wildman–Crippen MR) is 163 cm³/mol. The first-order chi connectivity index (χ1) is 20.9. The van der Waals surface area contributed by atoms with Crippen molar-refractivity contribution < 1.29 is 29.6 Å². The van der Waals surface area contributed by atoms with Crippen molar-refractivity contribution >= 4 is 27.7 Å². The van der Waals surface area contributed by atoms with Crippen LogP contribution < -0.4 is 15.6 Å². The molecule has 3 aromatic rings. The first-order valence-electron chi connectivity index (χ1n) is 13.7. The maximum atomic E-state index is 14.2. The summed E-state index contributed by atoms with van der Waals surface area (Å²) < 4.78 is 13.0. The molecule has 0 aromatic heterocycles. The molecule has 0 bridgehead atoms. The third-order valence-corrected chi connectivity index (χ3v) is 7.69. The quantitative estimate of drug-likeness (QED) is 0.0547. The molecular weight excluding hydrogens is 620 g/mol. The summed E-state index contributed by atoms with van der Waals surface area (Å²) in [5.74, 6) is 0.263.